The Morgan fingerprint density at radius 1 is 0.529 bits per heavy atom. The molecule has 12 nitrogen and oxygen atoms in total. The van der Waals surface area contributed by atoms with Crippen LogP contribution in [0.15, 0.2) is 0 Å². The second-order valence-corrected chi connectivity index (χ2v) is 26.4. The van der Waals surface area contributed by atoms with Crippen LogP contribution in [0.4, 0.5) is 0 Å². The number of aliphatic hydroxyl groups excluding tert-OH is 1. The Labute approximate surface area is 424 Å². The predicted octanol–water partition coefficient (Wildman–Crippen LogP) is 13.4. The van der Waals surface area contributed by atoms with Crippen LogP contribution >= 0.6 is 11.8 Å². The second kappa shape index (κ2) is 37.8. The quantitative estimate of drug-likeness (QED) is 0.0638. The number of hydrogen-bond acceptors (Lipinski definition) is 12. The van der Waals surface area contributed by atoms with E-state index in [1.54, 1.807) is 27.7 Å². The van der Waals surface area contributed by atoms with Crippen molar-refractivity contribution >= 4 is 35.6 Å². The van der Waals surface area contributed by atoms with E-state index in [1.807, 2.05) is 111 Å². The third-order valence-corrected chi connectivity index (χ3v) is 9.28. The van der Waals surface area contributed by atoms with Gasteiger partial charge in [0, 0.05) is 31.9 Å². The van der Waals surface area contributed by atoms with Crippen molar-refractivity contribution in [3.8, 4) is 0 Å². The molecule has 13 heteroatoms. The van der Waals surface area contributed by atoms with E-state index in [0.29, 0.717) is 49.5 Å². The van der Waals surface area contributed by atoms with Crippen LogP contribution in [0.5, 0.6) is 0 Å². The van der Waals surface area contributed by atoms with E-state index in [0.717, 1.165) is 6.42 Å². The first kappa shape index (κ1) is 75.0. The molecule has 0 rings (SSSR count). The first-order valence-corrected chi connectivity index (χ1v) is 26.5. The van der Waals surface area contributed by atoms with Gasteiger partial charge in [-0.05, 0) is 137 Å². The van der Waals surface area contributed by atoms with Crippen molar-refractivity contribution in [2.45, 2.75) is 261 Å². The van der Waals surface area contributed by atoms with Gasteiger partial charge in [0.25, 0.3) is 0 Å². The SMILES string of the molecule is CC(C)(C)CCCSCCCC(C)(C)C.CC(C)(C)OCC(O)COC(C)(C)C.CC(C)(C)OCCCNC(=O)C(C)(C)C.CC(C)CC(=O)OC(C)C.CC(OC(=O)C(C)C)OC(=O)C(C)C. The Kier molecular flexibility index (Phi) is 41.7. The molecule has 0 aromatic carbocycles. The molecule has 0 radical (unpaired) electrons. The molecule has 0 aliphatic heterocycles. The Morgan fingerprint density at radius 2 is 0.897 bits per heavy atom. The van der Waals surface area contributed by atoms with Crippen molar-refractivity contribution in [3.05, 3.63) is 0 Å². The fraction of sp³-hybridized carbons (Fsp3) is 0.927. The first-order valence-electron chi connectivity index (χ1n) is 25.4. The zero-order chi connectivity index (χ0) is 54.9. The summed E-state index contributed by atoms with van der Waals surface area (Å²) in [4.78, 5) is 44.5. The van der Waals surface area contributed by atoms with Crippen molar-refractivity contribution in [3.63, 3.8) is 0 Å². The lowest BCUT2D eigenvalue weighted by atomic mass is 9.91. The summed E-state index contributed by atoms with van der Waals surface area (Å²) in [6.07, 6.45) is 5.53. The zero-order valence-electron chi connectivity index (χ0n) is 49.4. The van der Waals surface area contributed by atoms with Crippen LogP contribution in [0.3, 0.4) is 0 Å². The molecule has 0 atom stereocenters. The van der Waals surface area contributed by atoms with Gasteiger partial charge in [-0.25, -0.2) is 0 Å². The molecule has 0 saturated carbocycles. The zero-order valence-corrected chi connectivity index (χ0v) is 50.2. The summed E-state index contributed by atoms with van der Waals surface area (Å²) in [6.45, 7) is 55.7. The summed E-state index contributed by atoms with van der Waals surface area (Å²) >= 11 is 2.13. The minimum Gasteiger partial charge on any atom is -0.463 e. The minimum atomic E-state index is -0.806. The minimum absolute atomic E-state index is 0.0197. The second-order valence-electron chi connectivity index (χ2n) is 25.1. The van der Waals surface area contributed by atoms with Crippen LogP contribution in [0.2, 0.25) is 0 Å². The number of rotatable bonds is 21. The van der Waals surface area contributed by atoms with Gasteiger partial charge in [0.1, 0.15) is 6.10 Å². The van der Waals surface area contributed by atoms with Crippen LogP contribution in [-0.2, 0) is 47.6 Å². The number of nitrogens with one attached hydrogen (secondary N) is 1. The fourth-order valence-corrected chi connectivity index (χ4v) is 5.34. The molecule has 0 aromatic rings. The van der Waals surface area contributed by atoms with Gasteiger partial charge in [0.2, 0.25) is 12.2 Å². The number of esters is 3. The molecule has 0 bridgehead atoms. The maximum Gasteiger partial charge on any atom is 0.311 e. The first-order chi connectivity index (χ1) is 30.3. The van der Waals surface area contributed by atoms with Crippen molar-refractivity contribution < 1.29 is 52.7 Å². The lowest BCUT2D eigenvalue weighted by Gasteiger charge is -2.25. The highest BCUT2D eigenvalue weighted by atomic mass is 32.2. The van der Waals surface area contributed by atoms with Gasteiger partial charge in [-0.1, -0.05) is 104 Å². The summed E-state index contributed by atoms with van der Waals surface area (Å²) in [6, 6.07) is 0. The predicted molar refractivity (Wildman–Crippen MR) is 287 cm³/mol. The summed E-state index contributed by atoms with van der Waals surface area (Å²) in [5.74, 6) is 1.94. The molecule has 1 amide bonds. The third kappa shape index (κ3) is 68.3. The molecule has 0 aromatic heterocycles. The van der Waals surface area contributed by atoms with Gasteiger partial charge in [-0.3, -0.25) is 19.2 Å². The van der Waals surface area contributed by atoms with Gasteiger partial charge in [-0.15, -0.1) is 0 Å². The van der Waals surface area contributed by atoms with Crippen molar-refractivity contribution in [2.24, 2.45) is 34.0 Å². The standard InChI is InChI=1S/C14H30S.C12H25NO2.C11H24O3.C10H18O4.C8H16O2/c1-13(2,3)9-7-11-15-12-8-10-14(4,5)6;1-11(2,3)10(14)13-8-7-9-15-12(4,5)6;1-10(2,3)13-7-9(12)8-14-11(4,5)6;1-6(2)9(11)13-8(5)14-10(12)7(3)4;1-6(2)5-8(9)10-7(3)4/h7-12H2,1-6H3;7-9H2,1-6H3,(H,13,14);9,12H,7-8H2,1-6H3;6-8H,1-5H3;6-7H,5H2,1-4H3. The largest absolute Gasteiger partial charge is 0.463 e. The summed E-state index contributed by atoms with van der Waals surface area (Å²) < 4.78 is 31.0. The number of carbonyl (C=O) groups is 4. The molecule has 410 valence electrons. The maximum absolute atomic E-state index is 11.5. The van der Waals surface area contributed by atoms with Gasteiger partial charge >= 0.3 is 17.9 Å². The Bertz CT molecular complexity index is 1200. The van der Waals surface area contributed by atoms with Crippen LogP contribution in [0.1, 0.15) is 225 Å². The Hall–Kier alpha value is -1.93. The number of ether oxygens (including phenoxy) is 6. The van der Waals surface area contributed by atoms with Crippen molar-refractivity contribution in [1.29, 1.82) is 0 Å². The highest BCUT2D eigenvalue weighted by molar-refractivity contribution is 7.99. The molecule has 0 fully saturated rings. The van der Waals surface area contributed by atoms with Gasteiger partial charge in [0.05, 0.1) is 48.0 Å². The van der Waals surface area contributed by atoms with E-state index in [2.05, 4.69) is 58.6 Å². The monoisotopic (exact) mass is 996 g/mol. The topological polar surface area (TPSA) is 156 Å². The fourth-order valence-electron chi connectivity index (χ4n) is 4.44. The molecule has 0 unspecified atom stereocenters. The number of carbonyl (C=O) groups excluding carboxylic acids is 4. The number of hydrogen-bond donors (Lipinski definition) is 2. The van der Waals surface area contributed by atoms with Crippen LogP contribution in [-0.4, -0.2) is 102 Å². The average Bonchev–Trinajstić information content (AvgIpc) is 3.10. The Morgan fingerprint density at radius 3 is 1.18 bits per heavy atom. The van der Waals surface area contributed by atoms with E-state index < -0.39 is 12.4 Å². The summed E-state index contributed by atoms with van der Waals surface area (Å²) in [7, 11) is 0. The maximum atomic E-state index is 11.5. The van der Waals surface area contributed by atoms with Crippen molar-refractivity contribution in [2.75, 3.05) is 37.9 Å². The third-order valence-electron chi connectivity index (χ3n) is 8.12. The highest BCUT2D eigenvalue weighted by Gasteiger charge is 2.21. The van der Waals surface area contributed by atoms with E-state index in [4.69, 9.17) is 28.4 Å². The van der Waals surface area contributed by atoms with Crippen molar-refractivity contribution in [1.82, 2.24) is 5.32 Å². The highest BCUT2D eigenvalue weighted by Crippen LogP contribution is 2.24. The van der Waals surface area contributed by atoms with Gasteiger partial charge < -0.3 is 38.8 Å². The molecule has 0 heterocycles. The van der Waals surface area contributed by atoms with E-state index in [1.165, 1.54) is 44.1 Å². The lowest BCUT2D eigenvalue weighted by Crippen LogP contribution is -2.35. The molecule has 0 aliphatic carbocycles. The average molecular weight is 997 g/mol. The number of aliphatic hydroxyl groups is 1. The number of amides is 1. The normalized spacial score (nSPS) is 12.3. The van der Waals surface area contributed by atoms with E-state index >= 15 is 0 Å². The summed E-state index contributed by atoms with van der Waals surface area (Å²) in [5, 5.41) is 12.4. The van der Waals surface area contributed by atoms with Crippen LogP contribution in [0.25, 0.3) is 0 Å². The van der Waals surface area contributed by atoms with Gasteiger partial charge in [-0.2, -0.15) is 11.8 Å². The lowest BCUT2D eigenvalue weighted by molar-refractivity contribution is -0.188. The van der Waals surface area contributed by atoms with E-state index in [9.17, 15) is 24.3 Å². The smallest absolute Gasteiger partial charge is 0.311 e. The molecule has 2 N–H and O–H groups in total. The molecular weight excluding hydrogens is 883 g/mol. The molecule has 0 aliphatic rings. The molecule has 0 saturated heterocycles. The molecule has 68 heavy (non-hydrogen) atoms. The molecular formula is C55H113NO11S. The summed E-state index contributed by atoms with van der Waals surface area (Å²) in [5.41, 5.74) is 0.238. The van der Waals surface area contributed by atoms with Crippen LogP contribution in [0, 0.1) is 34.0 Å². The van der Waals surface area contributed by atoms with Crippen LogP contribution < -0.4 is 5.32 Å². The van der Waals surface area contributed by atoms with E-state index in [-0.39, 0.29) is 64.0 Å². The molecule has 0 spiro atoms. The van der Waals surface area contributed by atoms with Gasteiger partial charge in [0.15, 0.2) is 0 Å². The Balaban J connectivity index is -0.000000245. The number of thioether (sulfide) groups is 1.